The van der Waals surface area contributed by atoms with Crippen molar-refractivity contribution in [3.05, 3.63) is 72.9 Å². The SMILES string of the molecule is CC/C=C/C/C=C/C/C=C/C/C=C/CCCCCC(=O)OC(CCC/C=C/C=C/CCCCCCCCC)CC(=O)NC(CO)C(O)CCCCCCCCCCCCCCCCCC. The Morgan fingerprint density at radius 2 is 0.892 bits per heavy atom. The molecule has 0 aliphatic heterocycles. The van der Waals surface area contributed by atoms with E-state index in [-0.39, 0.29) is 24.9 Å². The average molecular weight is 908 g/mol. The quantitative estimate of drug-likeness (QED) is 0.0245. The second-order valence-electron chi connectivity index (χ2n) is 18.6. The summed E-state index contributed by atoms with van der Waals surface area (Å²) in [6, 6.07) is -0.726. The number of allylic oxidation sites excluding steroid dienone is 12. The van der Waals surface area contributed by atoms with Crippen molar-refractivity contribution < 1.29 is 24.5 Å². The normalized spacial score (nSPS) is 13.7. The first kappa shape index (κ1) is 62.3. The summed E-state index contributed by atoms with van der Waals surface area (Å²) < 4.78 is 5.91. The highest BCUT2D eigenvalue weighted by Crippen LogP contribution is 2.17. The fraction of sp³-hybridized carbons (Fsp3) is 0.763. The fourth-order valence-electron chi connectivity index (χ4n) is 8.12. The molecule has 0 bridgehead atoms. The van der Waals surface area contributed by atoms with E-state index >= 15 is 0 Å². The number of carbonyl (C=O) groups is 2. The van der Waals surface area contributed by atoms with Crippen LogP contribution in [0.4, 0.5) is 0 Å². The number of aliphatic hydroxyl groups is 2. The van der Waals surface area contributed by atoms with Crippen LogP contribution in [0.5, 0.6) is 0 Å². The average Bonchev–Trinajstić information content (AvgIpc) is 3.30. The molecule has 3 N–H and O–H groups in total. The summed E-state index contributed by atoms with van der Waals surface area (Å²) in [6.45, 7) is 6.36. The van der Waals surface area contributed by atoms with Crippen molar-refractivity contribution in [1.29, 1.82) is 0 Å². The van der Waals surface area contributed by atoms with Crippen LogP contribution in [0.2, 0.25) is 0 Å². The number of unbranched alkanes of at least 4 members (excludes halogenated alkanes) is 26. The second kappa shape index (κ2) is 52.3. The largest absolute Gasteiger partial charge is 0.462 e. The van der Waals surface area contributed by atoms with Crippen LogP contribution >= 0.6 is 0 Å². The van der Waals surface area contributed by atoms with Crippen molar-refractivity contribution in [2.45, 2.75) is 283 Å². The first-order chi connectivity index (χ1) is 32.0. The molecule has 0 heterocycles. The molecule has 6 nitrogen and oxygen atoms in total. The molecule has 0 spiro atoms. The van der Waals surface area contributed by atoms with Gasteiger partial charge in [0.1, 0.15) is 6.10 Å². The summed E-state index contributed by atoms with van der Waals surface area (Å²) >= 11 is 0. The lowest BCUT2D eigenvalue weighted by atomic mass is 10.0. The minimum absolute atomic E-state index is 0.0297. The third-order valence-electron chi connectivity index (χ3n) is 12.3. The van der Waals surface area contributed by atoms with E-state index in [2.05, 4.69) is 99.0 Å². The standard InChI is InChI=1S/C59H105NO5/c1-4-7-10-13-16-19-22-25-28-30-33-36-39-42-45-48-51-57(62)56(54-61)60-58(63)53-55(50-47-44-41-38-35-32-27-24-21-18-15-12-9-6-3)65-59(64)52-49-46-43-40-37-34-31-29-26-23-20-17-14-11-8-5-2/h8,11,17,20,26,29,32,34-35,37-38,41,55-57,61-62H,4-7,9-10,12-16,18-19,21-25,27-28,30-31,33,36,39-40,42-54H2,1-3H3,(H,60,63)/b11-8+,20-17+,29-26+,35-32+,37-34+,41-38+. The number of aliphatic hydroxyl groups excluding tert-OH is 2. The fourth-order valence-corrected chi connectivity index (χ4v) is 8.12. The zero-order valence-electron chi connectivity index (χ0n) is 42.9. The first-order valence-corrected chi connectivity index (χ1v) is 27.7. The molecule has 0 saturated heterocycles. The van der Waals surface area contributed by atoms with E-state index in [0.717, 1.165) is 89.9 Å². The van der Waals surface area contributed by atoms with E-state index in [4.69, 9.17) is 4.74 Å². The van der Waals surface area contributed by atoms with E-state index in [1.165, 1.54) is 128 Å². The number of esters is 1. The van der Waals surface area contributed by atoms with Crippen LogP contribution in [-0.2, 0) is 14.3 Å². The summed E-state index contributed by atoms with van der Waals surface area (Å²) in [4.78, 5) is 26.2. The van der Waals surface area contributed by atoms with Crippen LogP contribution < -0.4 is 5.32 Å². The number of ether oxygens (including phenoxy) is 1. The van der Waals surface area contributed by atoms with E-state index in [9.17, 15) is 19.8 Å². The molecular formula is C59H105NO5. The molecule has 0 fully saturated rings. The molecule has 1 amide bonds. The second-order valence-corrected chi connectivity index (χ2v) is 18.6. The molecule has 376 valence electrons. The van der Waals surface area contributed by atoms with Gasteiger partial charge >= 0.3 is 5.97 Å². The number of hydrogen-bond acceptors (Lipinski definition) is 5. The topological polar surface area (TPSA) is 95.9 Å². The lowest BCUT2D eigenvalue weighted by Gasteiger charge is -2.24. The van der Waals surface area contributed by atoms with E-state index < -0.39 is 18.2 Å². The molecule has 0 aliphatic carbocycles. The van der Waals surface area contributed by atoms with Crippen molar-refractivity contribution in [2.75, 3.05) is 6.61 Å². The minimum Gasteiger partial charge on any atom is -0.462 e. The van der Waals surface area contributed by atoms with Crippen LogP contribution in [0.3, 0.4) is 0 Å². The Labute approximate surface area is 402 Å². The Morgan fingerprint density at radius 3 is 1.38 bits per heavy atom. The lowest BCUT2D eigenvalue weighted by Crippen LogP contribution is -2.46. The molecule has 3 atom stereocenters. The maximum Gasteiger partial charge on any atom is 0.306 e. The highest BCUT2D eigenvalue weighted by Gasteiger charge is 2.24. The monoisotopic (exact) mass is 908 g/mol. The zero-order chi connectivity index (χ0) is 47.4. The summed E-state index contributed by atoms with van der Waals surface area (Å²) in [5.74, 6) is -0.556. The summed E-state index contributed by atoms with van der Waals surface area (Å²) in [6.07, 6.45) is 66.8. The maximum absolute atomic E-state index is 13.2. The van der Waals surface area contributed by atoms with Gasteiger partial charge in [-0.1, -0.05) is 241 Å². The highest BCUT2D eigenvalue weighted by molar-refractivity contribution is 5.77. The lowest BCUT2D eigenvalue weighted by molar-refractivity contribution is -0.151. The molecule has 65 heavy (non-hydrogen) atoms. The van der Waals surface area contributed by atoms with E-state index in [1.807, 2.05) is 0 Å². The Bertz CT molecular complexity index is 1200. The molecule has 3 unspecified atom stereocenters. The molecule has 0 aromatic carbocycles. The Kier molecular flexibility index (Phi) is 50.1. The summed E-state index contributed by atoms with van der Waals surface area (Å²) in [5.41, 5.74) is 0. The zero-order valence-corrected chi connectivity index (χ0v) is 42.9. The first-order valence-electron chi connectivity index (χ1n) is 27.7. The molecule has 0 saturated carbocycles. The molecule has 0 aromatic rings. The summed E-state index contributed by atoms with van der Waals surface area (Å²) in [5, 5.41) is 23.8. The number of nitrogens with one attached hydrogen (secondary N) is 1. The van der Waals surface area contributed by atoms with Crippen molar-refractivity contribution in [1.82, 2.24) is 5.32 Å². The molecule has 0 radical (unpaired) electrons. The number of rotatable bonds is 49. The summed E-state index contributed by atoms with van der Waals surface area (Å²) in [7, 11) is 0. The Hall–Kier alpha value is -2.70. The van der Waals surface area contributed by atoms with Gasteiger partial charge < -0.3 is 20.3 Å². The van der Waals surface area contributed by atoms with Gasteiger partial charge in [0.15, 0.2) is 0 Å². The smallest absolute Gasteiger partial charge is 0.306 e. The van der Waals surface area contributed by atoms with Gasteiger partial charge in [0.05, 0.1) is 25.2 Å². The molecule has 0 rings (SSSR count). The van der Waals surface area contributed by atoms with Gasteiger partial charge in [-0.2, -0.15) is 0 Å². The van der Waals surface area contributed by atoms with Crippen LogP contribution in [0.1, 0.15) is 265 Å². The van der Waals surface area contributed by atoms with Gasteiger partial charge in [-0.05, 0) is 83.5 Å². The van der Waals surface area contributed by atoms with Gasteiger partial charge in [-0.25, -0.2) is 0 Å². The third-order valence-corrected chi connectivity index (χ3v) is 12.3. The molecule has 0 aromatic heterocycles. The van der Waals surface area contributed by atoms with Gasteiger partial charge in [-0.3, -0.25) is 9.59 Å². The van der Waals surface area contributed by atoms with Gasteiger partial charge in [0.2, 0.25) is 5.91 Å². The third kappa shape index (κ3) is 47.6. The van der Waals surface area contributed by atoms with Gasteiger partial charge in [0.25, 0.3) is 0 Å². The van der Waals surface area contributed by atoms with Crippen LogP contribution in [0.15, 0.2) is 72.9 Å². The van der Waals surface area contributed by atoms with Crippen molar-refractivity contribution in [3.8, 4) is 0 Å². The van der Waals surface area contributed by atoms with Crippen LogP contribution in [-0.4, -0.2) is 46.9 Å². The highest BCUT2D eigenvalue weighted by atomic mass is 16.5. The molecular weight excluding hydrogens is 803 g/mol. The van der Waals surface area contributed by atoms with E-state index in [0.29, 0.717) is 19.3 Å². The van der Waals surface area contributed by atoms with E-state index in [1.54, 1.807) is 0 Å². The van der Waals surface area contributed by atoms with Gasteiger partial charge in [-0.15, -0.1) is 0 Å². The van der Waals surface area contributed by atoms with Gasteiger partial charge in [0, 0.05) is 6.42 Å². The predicted octanol–water partition coefficient (Wildman–Crippen LogP) is 17.0. The van der Waals surface area contributed by atoms with Crippen LogP contribution in [0.25, 0.3) is 0 Å². The van der Waals surface area contributed by atoms with Crippen molar-refractivity contribution in [2.24, 2.45) is 0 Å². The van der Waals surface area contributed by atoms with Crippen molar-refractivity contribution >= 4 is 11.9 Å². The number of hydrogen-bond donors (Lipinski definition) is 3. The Balaban J connectivity index is 4.65. The Morgan fingerprint density at radius 1 is 0.477 bits per heavy atom. The minimum atomic E-state index is -0.808. The number of amides is 1. The van der Waals surface area contributed by atoms with Crippen LogP contribution in [0, 0.1) is 0 Å². The number of carbonyl (C=O) groups excluding carboxylic acids is 2. The predicted molar refractivity (Wildman–Crippen MR) is 282 cm³/mol. The maximum atomic E-state index is 13.2. The van der Waals surface area contributed by atoms with Crippen molar-refractivity contribution in [3.63, 3.8) is 0 Å². The molecule has 0 aliphatic rings. The molecule has 6 heteroatoms.